The first kappa shape index (κ1) is 15.5. The first-order valence-corrected chi connectivity index (χ1v) is 8.55. The molecule has 5 heteroatoms. The predicted molar refractivity (Wildman–Crippen MR) is 81.3 cm³/mol. The predicted octanol–water partition coefficient (Wildman–Crippen LogP) is 1.92. The second kappa shape index (κ2) is 5.84. The fraction of sp³-hybridized carbons (Fsp3) is 0.600. The first-order valence-electron chi connectivity index (χ1n) is 7.11. The minimum Gasteiger partial charge on any atom is -0.317 e. The van der Waals surface area contributed by atoms with E-state index in [1.165, 1.54) is 0 Å². The maximum Gasteiger partial charge on any atom is 0.243 e. The summed E-state index contributed by atoms with van der Waals surface area (Å²) in [4.78, 5) is 0.451. The van der Waals surface area contributed by atoms with E-state index in [9.17, 15) is 8.42 Å². The molecule has 1 aromatic carbocycles. The number of rotatable bonds is 3. The SMILES string of the molecule is CNC1CCN(S(=O)(=O)c2cc(C)ccc2C)CC1C. The number of hydrogen-bond acceptors (Lipinski definition) is 3. The average Bonchev–Trinajstić information content (AvgIpc) is 2.41. The Labute approximate surface area is 122 Å². The van der Waals surface area contributed by atoms with Gasteiger partial charge >= 0.3 is 0 Å². The first-order chi connectivity index (χ1) is 9.36. The quantitative estimate of drug-likeness (QED) is 0.927. The van der Waals surface area contributed by atoms with E-state index in [2.05, 4.69) is 12.2 Å². The van der Waals surface area contributed by atoms with Crippen molar-refractivity contribution in [3.63, 3.8) is 0 Å². The van der Waals surface area contributed by atoms with Crippen LogP contribution in [-0.2, 0) is 10.0 Å². The summed E-state index contributed by atoms with van der Waals surface area (Å²) < 4.78 is 27.2. The molecular formula is C15H24N2O2S. The van der Waals surface area contributed by atoms with Crippen LogP contribution in [0.5, 0.6) is 0 Å². The van der Waals surface area contributed by atoms with Crippen molar-refractivity contribution in [3.8, 4) is 0 Å². The minimum absolute atomic E-state index is 0.327. The Balaban J connectivity index is 2.30. The maximum absolute atomic E-state index is 12.8. The molecule has 1 heterocycles. The van der Waals surface area contributed by atoms with Gasteiger partial charge in [0.15, 0.2) is 0 Å². The van der Waals surface area contributed by atoms with E-state index in [0.717, 1.165) is 17.5 Å². The van der Waals surface area contributed by atoms with E-state index in [1.807, 2.05) is 33.0 Å². The van der Waals surface area contributed by atoms with Gasteiger partial charge in [-0.15, -0.1) is 0 Å². The molecule has 0 amide bonds. The monoisotopic (exact) mass is 296 g/mol. The summed E-state index contributed by atoms with van der Waals surface area (Å²) in [7, 11) is -1.43. The lowest BCUT2D eigenvalue weighted by molar-refractivity contribution is 0.228. The highest BCUT2D eigenvalue weighted by atomic mass is 32.2. The molecule has 20 heavy (non-hydrogen) atoms. The topological polar surface area (TPSA) is 49.4 Å². The third kappa shape index (κ3) is 2.90. The highest BCUT2D eigenvalue weighted by molar-refractivity contribution is 7.89. The van der Waals surface area contributed by atoms with Gasteiger partial charge in [-0.25, -0.2) is 8.42 Å². The van der Waals surface area contributed by atoms with Crippen LogP contribution in [0.1, 0.15) is 24.5 Å². The molecule has 2 atom stereocenters. The lowest BCUT2D eigenvalue weighted by Gasteiger charge is -2.36. The van der Waals surface area contributed by atoms with Crippen LogP contribution in [0.2, 0.25) is 0 Å². The van der Waals surface area contributed by atoms with Gasteiger partial charge in [-0.1, -0.05) is 19.1 Å². The molecule has 1 aliphatic rings. The van der Waals surface area contributed by atoms with Gasteiger partial charge in [-0.2, -0.15) is 4.31 Å². The Morgan fingerprint density at radius 3 is 2.60 bits per heavy atom. The fourth-order valence-corrected chi connectivity index (χ4v) is 4.74. The molecular weight excluding hydrogens is 272 g/mol. The van der Waals surface area contributed by atoms with Crippen LogP contribution < -0.4 is 5.32 Å². The minimum atomic E-state index is -3.37. The Kier molecular flexibility index (Phi) is 4.52. The molecule has 1 aliphatic heterocycles. The summed E-state index contributed by atoms with van der Waals surface area (Å²) in [6.45, 7) is 7.06. The molecule has 0 spiro atoms. The molecule has 0 radical (unpaired) electrons. The Hall–Kier alpha value is -0.910. The van der Waals surface area contributed by atoms with E-state index >= 15 is 0 Å². The summed E-state index contributed by atoms with van der Waals surface area (Å²) in [5.41, 5.74) is 1.80. The second-order valence-electron chi connectivity index (χ2n) is 5.79. The Morgan fingerprint density at radius 2 is 2.00 bits per heavy atom. The van der Waals surface area contributed by atoms with Crippen LogP contribution in [0.3, 0.4) is 0 Å². The molecule has 4 nitrogen and oxygen atoms in total. The zero-order valence-corrected chi connectivity index (χ0v) is 13.5. The molecule has 2 unspecified atom stereocenters. The smallest absolute Gasteiger partial charge is 0.243 e. The Bertz CT molecular complexity index is 584. The van der Waals surface area contributed by atoms with Crippen LogP contribution in [-0.4, -0.2) is 38.9 Å². The average molecular weight is 296 g/mol. The van der Waals surface area contributed by atoms with Crippen molar-refractivity contribution in [1.82, 2.24) is 9.62 Å². The zero-order valence-electron chi connectivity index (χ0n) is 12.7. The molecule has 2 rings (SSSR count). The van der Waals surface area contributed by atoms with Crippen LogP contribution in [0.4, 0.5) is 0 Å². The highest BCUT2D eigenvalue weighted by Crippen LogP contribution is 2.26. The number of piperidine rings is 1. The number of nitrogens with one attached hydrogen (secondary N) is 1. The third-order valence-corrected chi connectivity index (χ3v) is 6.21. The van der Waals surface area contributed by atoms with Crippen LogP contribution in [0.25, 0.3) is 0 Å². The summed E-state index contributed by atoms with van der Waals surface area (Å²) in [6, 6.07) is 6.01. The summed E-state index contributed by atoms with van der Waals surface area (Å²) in [6.07, 6.45) is 0.863. The molecule has 1 saturated heterocycles. The highest BCUT2D eigenvalue weighted by Gasteiger charge is 2.33. The van der Waals surface area contributed by atoms with E-state index in [1.54, 1.807) is 10.4 Å². The van der Waals surface area contributed by atoms with Gasteiger partial charge in [-0.05, 0) is 50.4 Å². The van der Waals surface area contributed by atoms with Crippen molar-refractivity contribution in [1.29, 1.82) is 0 Å². The van der Waals surface area contributed by atoms with Crippen LogP contribution >= 0.6 is 0 Å². The lowest BCUT2D eigenvalue weighted by atomic mass is 9.96. The molecule has 1 aromatic rings. The molecule has 0 aromatic heterocycles. The number of hydrogen-bond donors (Lipinski definition) is 1. The van der Waals surface area contributed by atoms with Gasteiger partial charge in [0.05, 0.1) is 4.90 Å². The molecule has 1 fully saturated rings. The number of aryl methyl sites for hydroxylation is 2. The second-order valence-corrected chi connectivity index (χ2v) is 7.70. The van der Waals surface area contributed by atoms with Gasteiger partial charge in [0.2, 0.25) is 10.0 Å². The van der Waals surface area contributed by atoms with Crippen molar-refractivity contribution in [2.24, 2.45) is 5.92 Å². The lowest BCUT2D eigenvalue weighted by Crippen LogP contribution is -2.49. The van der Waals surface area contributed by atoms with E-state index in [-0.39, 0.29) is 0 Å². The maximum atomic E-state index is 12.8. The Morgan fingerprint density at radius 1 is 1.30 bits per heavy atom. The number of nitrogens with zero attached hydrogens (tertiary/aromatic N) is 1. The van der Waals surface area contributed by atoms with E-state index in [4.69, 9.17) is 0 Å². The number of benzene rings is 1. The molecule has 0 aliphatic carbocycles. The number of sulfonamides is 1. The summed E-state index contributed by atoms with van der Waals surface area (Å²) >= 11 is 0. The van der Waals surface area contributed by atoms with Gasteiger partial charge in [0.1, 0.15) is 0 Å². The molecule has 0 saturated carbocycles. The van der Waals surface area contributed by atoms with Crippen LogP contribution in [0, 0.1) is 19.8 Å². The van der Waals surface area contributed by atoms with Crippen LogP contribution in [0.15, 0.2) is 23.1 Å². The van der Waals surface area contributed by atoms with Gasteiger partial charge in [-0.3, -0.25) is 0 Å². The summed E-state index contributed by atoms with van der Waals surface area (Å²) in [5, 5.41) is 3.26. The van der Waals surface area contributed by atoms with E-state index < -0.39 is 10.0 Å². The van der Waals surface area contributed by atoms with Crippen molar-refractivity contribution >= 4 is 10.0 Å². The largest absolute Gasteiger partial charge is 0.317 e. The molecule has 112 valence electrons. The summed E-state index contributed by atoms with van der Waals surface area (Å²) in [5.74, 6) is 0.327. The van der Waals surface area contributed by atoms with Crippen molar-refractivity contribution in [3.05, 3.63) is 29.3 Å². The van der Waals surface area contributed by atoms with Gasteiger partial charge in [0.25, 0.3) is 0 Å². The standard InChI is InChI=1S/C15H24N2O2S/c1-11-5-6-12(2)15(9-11)20(18,19)17-8-7-14(16-4)13(3)10-17/h5-6,9,13-14,16H,7-8,10H2,1-4H3. The molecule has 1 N–H and O–H groups in total. The van der Waals surface area contributed by atoms with Gasteiger partial charge < -0.3 is 5.32 Å². The van der Waals surface area contributed by atoms with Crippen molar-refractivity contribution in [2.45, 2.75) is 38.1 Å². The van der Waals surface area contributed by atoms with Crippen molar-refractivity contribution in [2.75, 3.05) is 20.1 Å². The third-order valence-electron chi connectivity index (χ3n) is 4.20. The zero-order chi connectivity index (χ0) is 14.9. The molecule has 0 bridgehead atoms. The van der Waals surface area contributed by atoms with E-state index in [0.29, 0.717) is 29.9 Å². The van der Waals surface area contributed by atoms with Gasteiger partial charge in [0, 0.05) is 19.1 Å². The fourth-order valence-electron chi connectivity index (χ4n) is 2.88. The normalized spacial score (nSPS) is 24.8. The van der Waals surface area contributed by atoms with Crippen molar-refractivity contribution < 1.29 is 8.42 Å².